The molecule has 4 aromatic rings. The minimum absolute atomic E-state index is 0.126. The Kier molecular flexibility index (Phi) is 4.36. The van der Waals surface area contributed by atoms with E-state index in [4.69, 9.17) is 4.74 Å². The van der Waals surface area contributed by atoms with Crippen molar-refractivity contribution in [1.29, 1.82) is 0 Å². The van der Waals surface area contributed by atoms with Crippen molar-refractivity contribution >= 4 is 33.4 Å². The fraction of sp³-hybridized carbons (Fsp3) is 0.304. The highest BCUT2D eigenvalue weighted by Gasteiger charge is 2.26. The van der Waals surface area contributed by atoms with Crippen molar-refractivity contribution in [2.45, 2.75) is 25.8 Å². The average Bonchev–Trinajstić information content (AvgIpc) is 3.45. The molecule has 0 radical (unpaired) electrons. The third-order valence-corrected chi connectivity index (χ3v) is 5.76. The molecule has 1 aliphatic rings. The Morgan fingerprint density at radius 3 is 2.83 bits per heavy atom. The Morgan fingerprint density at radius 1 is 1.21 bits per heavy atom. The second kappa shape index (κ2) is 7.04. The van der Waals surface area contributed by atoms with Crippen LogP contribution in [0.5, 0.6) is 0 Å². The summed E-state index contributed by atoms with van der Waals surface area (Å²) in [5.41, 5.74) is 4.63. The van der Waals surface area contributed by atoms with E-state index >= 15 is 0 Å². The van der Waals surface area contributed by atoms with Gasteiger partial charge >= 0.3 is 0 Å². The second-order valence-corrected chi connectivity index (χ2v) is 7.61. The quantitative estimate of drug-likeness (QED) is 0.567. The zero-order valence-electron chi connectivity index (χ0n) is 16.7. The van der Waals surface area contributed by atoms with Gasteiger partial charge in [-0.1, -0.05) is 18.2 Å². The van der Waals surface area contributed by atoms with Gasteiger partial charge in [0, 0.05) is 59.8 Å². The fourth-order valence-electron chi connectivity index (χ4n) is 4.40. The van der Waals surface area contributed by atoms with Crippen LogP contribution < -0.4 is 5.32 Å². The van der Waals surface area contributed by atoms with E-state index in [1.54, 1.807) is 10.9 Å². The zero-order chi connectivity index (χ0) is 20.0. The molecule has 0 aliphatic carbocycles. The lowest BCUT2D eigenvalue weighted by molar-refractivity contribution is 0.102. The Labute approximate surface area is 169 Å². The molecule has 2 aromatic heterocycles. The molecule has 2 aromatic carbocycles. The third kappa shape index (κ3) is 3.00. The van der Waals surface area contributed by atoms with Crippen molar-refractivity contribution in [3.8, 4) is 0 Å². The summed E-state index contributed by atoms with van der Waals surface area (Å²) in [5.74, 6) is 0.0561. The van der Waals surface area contributed by atoms with Crippen LogP contribution in [0.15, 0.2) is 48.7 Å². The number of benzene rings is 2. The molecule has 0 bridgehead atoms. The summed E-state index contributed by atoms with van der Waals surface area (Å²) in [5, 5.41) is 9.96. The molecule has 3 heterocycles. The van der Waals surface area contributed by atoms with Crippen LogP contribution in [-0.4, -0.2) is 33.5 Å². The van der Waals surface area contributed by atoms with Gasteiger partial charge in [-0.05, 0) is 37.6 Å². The highest BCUT2D eigenvalue weighted by molar-refractivity contribution is 6.11. The minimum Gasteiger partial charge on any atom is -0.381 e. The van der Waals surface area contributed by atoms with Gasteiger partial charge in [0.1, 0.15) is 0 Å². The maximum absolute atomic E-state index is 13.1. The van der Waals surface area contributed by atoms with E-state index in [9.17, 15) is 4.79 Å². The highest BCUT2D eigenvalue weighted by Crippen LogP contribution is 2.32. The monoisotopic (exact) mass is 388 g/mol. The molecular formula is C23H24N4O2. The van der Waals surface area contributed by atoms with Gasteiger partial charge in [0.05, 0.1) is 17.9 Å². The van der Waals surface area contributed by atoms with Gasteiger partial charge in [-0.15, -0.1) is 0 Å². The van der Waals surface area contributed by atoms with E-state index < -0.39 is 0 Å². The predicted octanol–water partition coefficient (Wildman–Crippen LogP) is 4.30. The molecule has 0 saturated carbocycles. The molecule has 6 heteroatoms. The number of rotatable bonds is 4. The van der Waals surface area contributed by atoms with Gasteiger partial charge < -0.3 is 14.6 Å². The van der Waals surface area contributed by atoms with Crippen LogP contribution in [0.2, 0.25) is 0 Å². The Balaban J connectivity index is 1.51. The van der Waals surface area contributed by atoms with Crippen LogP contribution in [0.1, 0.15) is 35.3 Å². The number of nitrogens with one attached hydrogen (secondary N) is 1. The molecule has 29 heavy (non-hydrogen) atoms. The molecular weight excluding hydrogens is 364 g/mol. The smallest absolute Gasteiger partial charge is 0.259 e. The summed E-state index contributed by atoms with van der Waals surface area (Å²) < 4.78 is 9.50. The number of ether oxygens (including phenoxy) is 1. The van der Waals surface area contributed by atoms with Gasteiger partial charge in [-0.2, -0.15) is 5.10 Å². The maximum atomic E-state index is 13.1. The van der Waals surface area contributed by atoms with Gasteiger partial charge in [-0.25, -0.2) is 0 Å². The Bertz CT molecular complexity index is 1210. The SMILES string of the molecule is CCn1c2ccccc2c2cc(NC(=O)c3cn(C)nc3C3CCOC3)ccc21. The van der Waals surface area contributed by atoms with Crippen LogP contribution >= 0.6 is 0 Å². The van der Waals surface area contributed by atoms with Crippen LogP contribution in [0.3, 0.4) is 0 Å². The van der Waals surface area contributed by atoms with Crippen LogP contribution in [0.25, 0.3) is 21.8 Å². The number of aromatic nitrogens is 3. The van der Waals surface area contributed by atoms with Crippen LogP contribution in [0, 0.1) is 0 Å². The van der Waals surface area contributed by atoms with E-state index in [2.05, 4.69) is 58.3 Å². The number of carbonyl (C=O) groups is 1. The number of fused-ring (bicyclic) bond motifs is 3. The summed E-state index contributed by atoms with van der Waals surface area (Å²) in [6, 6.07) is 14.5. The number of hydrogen-bond acceptors (Lipinski definition) is 3. The summed E-state index contributed by atoms with van der Waals surface area (Å²) in [4.78, 5) is 13.1. The van der Waals surface area contributed by atoms with E-state index in [0.717, 1.165) is 36.3 Å². The average molecular weight is 388 g/mol. The molecule has 1 aliphatic heterocycles. The van der Waals surface area contributed by atoms with Crippen molar-refractivity contribution in [2.24, 2.45) is 7.05 Å². The lowest BCUT2D eigenvalue weighted by Crippen LogP contribution is -2.15. The molecule has 1 saturated heterocycles. The predicted molar refractivity (Wildman–Crippen MR) is 114 cm³/mol. The number of aryl methyl sites for hydroxylation is 2. The van der Waals surface area contributed by atoms with E-state index in [0.29, 0.717) is 12.2 Å². The molecule has 1 atom stereocenters. The molecule has 5 rings (SSSR count). The first-order valence-electron chi connectivity index (χ1n) is 10.1. The van der Waals surface area contributed by atoms with E-state index in [1.165, 1.54) is 16.4 Å². The summed E-state index contributed by atoms with van der Waals surface area (Å²) in [7, 11) is 1.85. The maximum Gasteiger partial charge on any atom is 0.259 e. The van der Waals surface area contributed by atoms with Crippen molar-refractivity contribution in [3.63, 3.8) is 0 Å². The lowest BCUT2D eigenvalue weighted by Gasteiger charge is -2.09. The fourth-order valence-corrected chi connectivity index (χ4v) is 4.40. The standard InChI is InChI=1S/C23H24N4O2/c1-3-27-20-7-5-4-6-17(20)18-12-16(8-9-21(18)27)24-23(28)19-13-26(2)25-22(19)15-10-11-29-14-15/h4-9,12-13,15H,3,10-11,14H2,1-2H3,(H,24,28). The van der Waals surface area contributed by atoms with Crippen molar-refractivity contribution in [2.75, 3.05) is 18.5 Å². The number of carbonyl (C=O) groups excluding carboxylic acids is 1. The molecule has 1 N–H and O–H groups in total. The number of anilines is 1. The molecule has 148 valence electrons. The highest BCUT2D eigenvalue weighted by atomic mass is 16.5. The van der Waals surface area contributed by atoms with Gasteiger partial charge in [-0.3, -0.25) is 9.48 Å². The topological polar surface area (TPSA) is 61.1 Å². The van der Waals surface area contributed by atoms with Crippen molar-refractivity contribution in [3.05, 3.63) is 59.9 Å². The molecule has 1 amide bonds. The normalized spacial score (nSPS) is 16.7. The molecule has 6 nitrogen and oxygen atoms in total. The third-order valence-electron chi connectivity index (χ3n) is 5.76. The first-order valence-corrected chi connectivity index (χ1v) is 10.1. The first kappa shape index (κ1) is 17.9. The molecule has 1 unspecified atom stereocenters. The summed E-state index contributed by atoms with van der Waals surface area (Å²) >= 11 is 0. The number of amides is 1. The van der Waals surface area contributed by atoms with E-state index in [1.807, 2.05) is 13.1 Å². The van der Waals surface area contributed by atoms with Crippen molar-refractivity contribution in [1.82, 2.24) is 14.3 Å². The minimum atomic E-state index is -0.126. The molecule has 0 spiro atoms. The zero-order valence-corrected chi connectivity index (χ0v) is 16.7. The lowest BCUT2D eigenvalue weighted by atomic mass is 10.0. The Morgan fingerprint density at radius 2 is 2.03 bits per heavy atom. The first-order chi connectivity index (χ1) is 14.2. The van der Waals surface area contributed by atoms with Crippen LogP contribution in [0.4, 0.5) is 5.69 Å². The number of hydrogen-bond donors (Lipinski definition) is 1. The van der Waals surface area contributed by atoms with E-state index in [-0.39, 0.29) is 11.8 Å². The number of para-hydroxylation sites is 1. The van der Waals surface area contributed by atoms with Crippen LogP contribution in [-0.2, 0) is 18.3 Å². The van der Waals surface area contributed by atoms with Gasteiger partial charge in [0.15, 0.2) is 0 Å². The van der Waals surface area contributed by atoms with Gasteiger partial charge in [0.2, 0.25) is 0 Å². The second-order valence-electron chi connectivity index (χ2n) is 7.61. The Hall–Kier alpha value is -3.12. The van der Waals surface area contributed by atoms with Crippen molar-refractivity contribution < 1.29 is 9.53 Å². The van der Waals surface area contributed by atoms with Gasteiger partial charge in [0.25, 0.3) is 5.91 Å². The summed E-state index contributed by atoms with van der Waals surface area (Å²) in [6.07, 6.45) is 2.70. The molecule has 1 fully saturated rings. The number of nitrogens with zero attached hydrogens (tertiary/aromatic N) is 3. The summed E-state index contributed by atoms with van der Waals surface area (Å²) in [6.45, 7) is 4.40. The largest absolute Gasteiger partial charge is 0.381 e.